The summed E-state index contributed by atoms with van der Waals surface area (Å²) in [5, 5.41) is 15.3. The quantitative estimate of drug-likeness (QED) is 0.717. The topological polar surface area (TPSA) is 62.7 Å². The summed E-state index contributed by atoms with van der Waals surface area (Å²) in [5.74, 6) is 0. The molecule has 0 amide bonds. The van der Waals surface area contributed by atoms with Gasteiger partial charge in [-0.2, -0.15) is 5.26 Å². The Morgan fingerprint density at radius 3 is 2.93 bits per heavy atom. The van der Waals surface area contributed by atoms with E-state index in [2.05, 4.69) is 11.1 Å². The Hall–Kier alpha value is -1.57. The van der Waals surface area contributed by atoms with Crippen LogP contribution >= 0.6 is 11.9 Å². The van der Waals surface area contributed by atoms with Crippen LogP contribution in [0.5, 0.6) is 0 Å². The van der Waals surface area contributed by atoms with Gasteiger partial charge < -0.3 is 0 Å². The number of hydrogen-bond donors (Lipinski definition) is 1. The van der Waals surface area contributed by atoms with Crippen LogP contribution < -0.4 is 5.14 Å². The van der Waals surface area contributed by atoms with E-state index in [1.807, 2.05) is 18.2 Å². The average molecular weight is 201 g/mol. The molecule has 4 heteroatoms. The number of nitriles is 1. The number of rotatable bonds is 1. The number of benzene rings is 1. The van der Waals surface area contributed by atoms with Crippen LogP contribution in [0, 0.1) is 11.3 Å². The molecular formula is C10H7N3S. The van der Waals surface area contributed by atoms with E-state index in [1.165, 1.54) is 11.9 Å². The van der Waals surface area contributed by atoms with Crippen molar-refractivity contribution in [2.24, 2.45) is 5.14 Å². The Labute approximate surface area is 85.7 Å². The van der Waals surface area contributed by atoms with Gasteiger partial charge in [-0.15, -0.1) is 0 Å². The summed E-state index contributed by atoms with van der Waals surface area (Å²) in [4.78, 5) is 5.11. The Bertz CT molecular complexity index is 516. The summed E-state index contributed by atoms with van der Waals surface area (Å²) in [7, 11) is 0. The molecule has 14 heavy (non-hydrogen) atoms. The van der Waals surface area contributed by atoms with Gasteiger partial charge in [-0.3, -0.25) is 10.1 Å². The molecule has 1 aromatic carbocycles. The van der Waals surface area contributed by atoms with Crippen LogP contribution in [0.15, 0.2) is 35.4 Å². The first-order valence-electron chi connectivity index (χ1n) is 4.01. The van der Waals surface area contributed by atoms with Crippen molar-refractivity contribution in [2.75, 3.05) is 0 Å². The second-order valence-electron chi connectivity index (χ2n) is 2.74. The highest BCUT2D eigenvalue weighted by Gasteiger charge is 2.05. The van der Waals surface area contributed by atoms with Crippen molar-refractivity contribution in [3.63, 3.8) is 0 Å². The Morgan fingerprint density at radius 2 is 2.21 bits per heavy atom. The van der Waals surface area contributed by atoms with E-state index in [4.69, 9.17) is 10.4 Å². The van der Waals surface area contributed by atoms with Gasteiger partial charge in [-0.25, -0.2) is 0 Å². The summed E-state index contributed by atoms with van der Waals surface area (Å²) >= 11 is 1.17. The largest absolute Gasteiger partial charge is 0.274 e. The van der Waals surface area contributed by atoms with Crippen molar-refractivity contribution in [2.45, 2.75) is 4.90 Å². The van der Waals surface area contributed by atoms with Gasteiger partial charge in [0.15, 0.2) is 0 Å². The second-order valence-corrected chi connectivity index (χ2v) is 3.42. The molecule has 2 aromatic rings. The monoisotopic (exact) mass is 201 g/mol. The number of nitrogens with zero attached hydrogens (tertiary/aromatic N) is 2. The summed E-state index contributed by atoms with van der Waals surface area (Å²) in [6.45, 7) is 0. The summed E-state index contributed by atoms with van der Waals surface area (Å²) in [6, 6.07) is 9.44. The van der Waals surface area contributed by atoms with Crippen molar-refractivity contribution in [3.8, 4) is 6.07 Å². The van der Waals surface area contributed by atoms with E-state index in [1.54, 1.807) is 12.3 Å². The molecule has 0 radical (unpaired) electrons. The molecule has 3 nitrogen and oxygen atoms in total. The highest BCUT2D eigenvalue weighted by molar-refractivity contribution is 7.97. The molecule has 0 aliphatic rings. The first-order chi connectivity index (χ1) is 6.86. The first-order valence-corrected chi connectivity index (χ1v) is 4.89. The maximum absolute atomic E-state index is 8.87. The molecule has 0 aliphatic heterocycles. The van der Waals surface area contributed by atoms with Crippen LogP contribution in [0.25, 0.3) is 10.9 Å². The first kappa shape index (κ1) is 9.00. The van der Waals surface area contributed by atoms with Gasteiger partial charge in [-0.05, 0) is 30.1 Å². The third-order valence-electron chi connectivity index (χ3n) is 1.98. The van der Waals surface area contributed by atoms with Crippen LogP contribution in [-0.2, 0) is 0 Å². The summed E-state index contributed by atoms with van der Waals surface area (Å²) in [6.07, 6.45) is 1.67. The minimum absolute atomic E-state index is 0.582. The molecule has 2 N–H and O–H groups in total. The van der Waals surface area contributed by atoms with E-state index in [9.17, 15) is 0 Å². The van der Waals surface area contributed by atoms with E-state index < -0.39 is 0 Å². The van der Waals surface area contributed by atoms with Gasteiger partial charge >= 0.3 is 0 Å². The predicted octanol–water partition coefficient (Wildman–Crippen LogP) is 2.07. The molecule has 0 aliphatic carbocycles. The Morgan fingerprint density at radius 1 is 1.36 bits per heavy atom. The van der Waals surface area contributed by atoms with Gasteiger partial charge in [0.05, 0.1) is 11.1 Å². The second kappa shape index (κ2) is 3.66. The lowest BCUT2D eigenvalue weighted by atomic mass is 10.1. The van der Waals surface area contributed by atoms with Gasteiger partial charge in [-0.1, -0.05) is 6.07 Å². The minimum Gasteiger partial charge on any atom is -0.274 e. The molecule has 0 bridgehead atoms. The van der Waals surface area contributed by atoms with E-state index in [0.717, 1.165) is 10.3 Å². The molecule has 0 unspecified atom stereocenters. The van der Waals surface area contributed by atoms with Crippen LogP contribution in [-0.4, -0.2) is 4.98 Å². The van der Waals surface area contributed by atoms with Crippen LogP contribution in [0.3, 0.4) is 0 Å². The lowest BCUT2D eigenvalue weighted by Gasteiger charge is -2.03. The number of aromatic nitrogens is 1. The molecule has 1 aromatic heterocycles. The number of hydrogen-bond acceptors (Lipinski definition) is 4. The zero-order chi connectivity index (χ0) is 9.97. The third kappa shape index (κ3) is 1.33. The molecule has 68 valence electrons. The third-order valence-corrected chi connectivity index (χ3v) is 2.59. The van der Waals surface area contributed by atoms with Gasteiger partial charge in [0, 0.05) is 16.5 Å². The maximum atomic E-state index is 8.87. The Balaban J connectivity index is 2.87. The molecule has 0 fully saturated rings. The highest BCUT2D eigenvalue weighted by Crippen LogP contribution is 2.25. The van der Waals surface area contributed by atoms with Crippen molar-refractivity contribution < 1.29 is 0 Å². The molecular weight excluding hydrogens is 194 g/mol. The van der Waals surface area contributed by atoms with Crippen LogP contribution in [0.2, 0.25) is 0 Å². The fourth-order valence-corrected chi connectivity index (χ4v) is 1.78. The fraction of sp³-hybridized carbons (Fsp3) is 0. The lowest BCUT2D eigenvalue weighted by molar-refractivity contribution is 1.36. The van der Waals surface area contributed by atoms with Gasteiger partial charge in [0.25, 0.3) is 0 Å². The Kier molecular flexibility index (Phi) is 2.35. The molecule has 0 atom stereocenters. The predicted molar refractivity (Wildman–Crippen MR) is 56.5 cm³/mol. The van der Waals surface area contributed by atoms with E-state index >= 15 is 0 Å². The van der Waals surface area contributed by atoms with E-state index in [0.29, 0.717) is 11.1 Å². The maximum Gasteiger partial charge on any atom is 0.101 e. The zero-order valence-corrected chi connectivity index (χ0v) is 8.08. The molecule has 0 saturated carbocycles. The normalized spacial score (nSPS) is 10.0. The van der Waals surface area contributed by atoms with Crippen molar-refractivity contribution in [1.82, 2.24) is 4.98 Å². The summed E-state index contributed by atoms with van der Waals surface area (Å²) < 4.78 is 0. The van der Waals surface area contributed by atoms with Gasteiger partial charge in [0.1, 0.15) is 6.07 Å². The van der Waals surface area contributed by atoms with Crippen molar-refractivity contribution in [1.29, 1.82) is 5.26 Å². The van der Waals surface area contributed by atoms with Crippen LogP contribution in [0.1, 0.15) is 5.56 Å². The molecule has 0 spiro atoms. The molecule has 2 rings (SSSR count). The van der Waals surface area contributed by atoms with E-state index in [-0.39, 0.29) is 0 Å². The molecule has 0 saturated heterocycles. The SMILES string of the molecule is N#Cc1ccc(SN)c2cccnc12. The van der Waals surface area contributed by atoms with Gasteiger partial charge in [0.2, 0.25) is 0 Å². The standard InChI is InChI=1S/C10H7N3S/c11-6-7-3-4-9(14-12)8-2-1-5-13-10(7)8/h1-5H,12H2. The fourth-order valence-electron chi connectivity index (χ4n) is 1.34. The van der Waals surface area contributed by atoms with Crippen molar-refractivity contribution >= 4 is 22.9 Å². The van der Waals surface area contributed by atoms with Crippen LogP contribution in [0.4, 0.5) is 0 Å². The zero-order valence-electron chi connectivity index (χ0n) is 7.27. The minimum atomic E-state index is 0.582. The number of pyridine rings is 1. The summed E-state index contributed by atoms with van der Waals surface area (Å²) in [5.41, 5.74) is 1.30. The molecule has 1 heterocycles. The number of nitrogens with two attached hydrogens (primary N) is 1. The highest BCUT2D eigenvalue weighted by atomic mass is 32.2. The average Bonchev–Trinajstić information content (AvgIpc) is 2.27. The van der Waals surface area contributed by atoms with Crippen molar-refractivity contribution in [3.05, 3.63) is 36.0 Å². The number of fused-ring (bicyclic) bond motifs is 1. The lowest BCUT2D eigenvalue weighted by Crippen LogP contribution is -1.88. The smallest absolute Gasteiger partial charge is 0.101 e.